The van der Waals surface area contributed by atoms with Crippen LogP contribution in [0.15, 0.2) is 30.3 Å². The first-order valence-corrected chi connectivity index (χ1v) is 13.6. The van der Waals surface area contributed by atoms with Crippen LogP contribution in [-0.4, -0.2) is 114 Å². The SMILES string of the molecule is CCOC(=O)COc1cc(C(=O)N[C@@H](CCC(=O)O)C(=O)N2CCN(OC(=O)OCC)CC2)nn1-c1cccc(OC)c1. The largest absolute Gasteiger partial charge is 0.527 e. The number of hydrogen-bond acceptors (Lipinski definition) is 12. The minimum Gasteiger partial charge on any atom is -0.497 e. The van der Waals surface area contributed by atoms with Crippen molar-refractivity contribution in [3.05, 3.63) is 36.0 Å². The molecule has 43 heavy (non-hydrogen) atoms. The van der Waals surface area contributed by atoms with E-state index in [0.717, 1.165) is 0 Å². The van der Waals surface area contributed by atoms with Crippen molar-refractivity contribution in [2.45, 2.75) is 32.7 Å². The Kier molecular flexibility index (Phi) is 12.1. The highest BCUT2D eigenvalue weighted by Crippen LogP contribution is 2.23. The average Bonchev–Trinajstić information content (AvgIpc) is 3.43. The molecule has 3 rings (SSSR count). The summed E-state index contributed by atoms with van der Waals surface area (Å²) < 4.78 is 21.8. The van der Waals surface area contributed by atoms with Crippen molar-refractivity contribution in [3.63, 3.8) is 0 Å². The number of piperazine rings is 1. The summed E-state index contributed by atoms with van der Waals surface area (Å²) in [6, 6.07) is 6.82. The number of hydrogen-bond donors (Lipinski definition) is 2. The zero-order chi connectivity index (χ0) is 31.4. The van der Waals surface area contributed by atoms with E-state index in [1.807, 2.05) is 0 Å². The molecular weight excluding hydrogens is 570 g/mol. The molecule has 1 aromatic carbocycles. The van der Waals surface area contributed by atoms with E-state index in [1.54, 1.807) is 38.1 Å². The van der Waals surface area contributed by atoms with Crippen LogP contribution >= 0.6 is 0 Å². The van der Waals surface area contributed by atoms with E-state index in [-0.39, 0.29) is 63.8 Å². The summed E-state index contributed by atoms with van der Waals surface area (Å²) in [6.07, 6.45) is -1.41. The Bertz CT molecular complexity index is 1290. The van der Waals surface area contributed by atoms with Crippen LogP contribution in [0, 0.1) is 0 Å². The maximum Gasteiger partial charge on any atom is 0.527 e. The van der Waals surface area contributed by atoms with Gasteiger partial charge in [-0.25, -0.2) is 14.3 Å². The molecule has 16 nitrogen and oxygen atoms in total. The molecule has 1 aliphatic rings. The third-order valence-corrected chi connectivity index (χ3v) is 6.12. The first kappa shape index (κ1) is 32.7. The Hall–Kier alpha value is -4.86. The van der Waals surface area contributed by atoms with Gasteiger partial charge in [-0.2, -0.15) is 5.10 Å². The maximum absolute atomic E-state index is 13.4. The summed E-state index contributed by atoms with van der Waals surface area (Å²) in [7, 11) is 1.49. The van der Waals surface area contributed by atoms with E-state index in [1.165, 1.54) is 27.8 Å². The van der Waals surface area contributed by atoms with Crippen LogP contribution in [-0.2, 0) is 28.7 Å². The monoisotopic (exact) mass is 605 g/mol. The van der Waals surface area contributed by atoms with Gasteiger partial charge in [-0.3, -0.25) is 14.4 Å². The Morgan fingerprint density at radius 1 is 1.02 bits per heavy atom. The number of ether oxygens (including phenoxy) is 4. The molecule has 1 atom stereocenters. The second-order valence-corrected chi connectivity index (χ2v) is 9.06. The van der Waals surface area contributed by atoms with E-state index in [4.69, 9.17) is 23.8 Å². The smallest absolute Gasteiger partial charge is 0.497 e. The highest BCUT2D eigenvalue weighted by Gasteiger charge is 2.31. The molecule has 2 N–H and O–H groups in total. The van der Waals surface area contributed by atoms with Crippen molar-refractivity contribution in [3.8, 4) is 17.3 Å². The molecule has 0 bridgehead atoms. The van der Waals surface area contributed by atoms with Gasteiger partial charge in [0.15, 0.2) is 12.3 Å². The van der Waals surface area contributed by atoms with Crippen molar-refractivity contribution >= 4 is 29.9 Å². The number of carbonyl (C=O) groups is 5. The fourth-order valence-electron chi connectivity index (χ4n) is 4.07. The standard InChI is InChI=1S/C27H35N5O11/c1-4-40-24(35)17-42-22-16-21(29-32(22)18-7-6-8-19(15-18)39-3)25(36)28-20(9-10-23(33)34)26(37)30-11-13-31(14-12-30)43-27(38)41-5-2/h6-8,15-16,20H,4-5,9-14,17H2,1-3H3,(H,28,36)(H,33,34)/t20-/m0/s1. The fraction of sp³-hybridized carbons (Fsp3) is 0.481. The predicted molar refractivity (Wildman–Crippen MR) is 147 cm³/mol. The summed E-state index contributed by atoms with van der Waals surface area (Å²) >= 11 is 0. The number of aromatic nitrogens is 2. The number of aliphatic carboxylic acids is 1. The molecule has 16 heteroatoms. The lowest BCUT2D eigenvalue weighted by Gasteiger charge is -2.35. The molecule has 0 spiro atoms. The predicted octanol–water partition coefficient (Wildman–Crippen LogP) is 1.02. The van der Waals surface area contributed by atoms with Gasteiger partial charge < -0.3 is 39.1 Å². The minimum atomic E-state index is -1.19. The van der Waals surface area contributed by atoms with Gasteiger partial charge in [-0.05, 0) is 32.4 Å². The Balaban J connectivity index is 1.78. The summed E-state index contributed by atoms with van der Waals surface area (Å²) in [5.74, 6) is -2.50. The molecule has 1 aliphatic heterocycles. The number of nitrogens with zero attached hydrogens (tertiary/aromatic N) is 4. The number of carboxylic acids is 1. The van der Waals surface area contributed by atoms with E-state index in [0.29, 0.717) is 11.4 Å². The van der Waals surface area contributed by atoms with Crippen LogP contribution in [0.3, 0.4) is 0 Å². The van der Waals surface area contributed by atoms with Gasteiger partial charge in [0.25, 0.3) is 5.91 Å². The van der Waals surface area contributed by atoms with E-state index < -0.39 is 42.6 Å². The Morgan fingerprint density at radius 3 is 2.40 bits per heavy atom. The molecule has 0 aliphatic carbocycles. The van der Waals surface area contributed by atoms with Gasteiger partial charge in [-0.1, -0.05) is 6.07 Å². The molecule has 1 aromatic heterocycles. The number of carbonyl (C=O) groups excluding carboxylic acids is 4. The lowest BCUT2D eigenvalue weighted by atomic mass is 10.1. The topological polar surface area (TPSA) is 188 Å². The minimum absolute atomic E-state index is 0.0394. The highest BCUT2D eigenvalue weighted by atomic mass is 16.8. The second-order valence-electron chi connectivity index (χ2n) is 9.06. The lowest BCUT2D eigenvalue weighted by Crippen LogP contribution is -2.55. The molecule has 1 saturated heterocycles. The summed E-state index contributed by atoms with van der Waals surface area (Å²) in [5.41, 5.74) is 0.307. The molecule has 0 unspecified atom stereocenters. The van der Waals surface area contributed by atoms with Crippen LogP contribution in [0.4, 0.5) is 4.79 Å². The number of methoxy groups -OCH3 is 1. The molecule has 2 aromatic rings. The second kappa shape index (κ2) is 16.0. The van der Waals surface area contributed by atoms with Crippen molar-refractivity contribution < 1.29 is 52.9 Å². The number of benzene rings is 1. The number of nitrogens with one attached hydrogen (secondary N) is 1. The number of esters is 1. The van der Waals surface area contributed by atoms with E-state index in [2.05, 4.69) is 10.4 Å². The van der Waals surface area contributed by atoms with Gasteiger partial charge in [0, 0.05) is 31.6 Å². The third-order valence-electron chi connectivity index (χ3n) is 6.12. The number of carboxylic acid groups (broad SMARTS) is 1. The van der Waals surface area contributed by atoms with Crippen LogP contribution < -0.4 is 14.8 Å². The molecule has 234 valence electrons. The molecule has 2 amide bonds. The van der Waals surface area contributed by atoms with Crippen molar-refractivity contribution in [2.24, 2.45) is 0 Å². The van der Waals surface area contributed by atoms with Crippen LogP contribution in [0.5, 0.6) is 11.6 Å². The Morgan fingerprint density at radius 2 is 1.74 bits per heavy atom. The number of amides is 2. The zero-order valence-electron chi connectivity index (χ0n) is 24.1. The summed E-state index contributed by atoms with van der Waals surface area (Å²) in [5, 5.41) is 17.5. The van der Waals surface area contributed by atoms with Gasteiger partial charge in [0.2, 0.25) is 11.8 Å². The van der Waals surface area contributed by atoms with Crippen LogP contribution in [0.25, 0.3) is 5.69 Å². The molecule has 0 saturated carbocycles. The van der Waals surface area contributed by atoms with Gasteiger partial charge >= 0.3 is 18.1 Å². The van der Waals surface area contributed by atoms with Crippen molar-refractivity contribution in [2.75, 3.05) is 53.1 Å². The number of rotatable bonds is 14. The van der Waals surface area contributed by atoms with E-state index >= 15 is 0 Å². The fourth-order valence-corrected chi connectivity index (χ4v) is 4.07. The quantitative estimate of drug-likeness (QED) is 0.291. The third kappa shape index (κ3) is 9.59. The van der Waals surface area contributed by atoms with Gasteiger partial charge in [-0.15, -0.1) is 5.06 Å². The van der Waals surface area contributed by atoms with Crippen molar-refractivity contribution in [1.82, 2.24) is 25.1 Å². The van der Waals surface area contributed by atoms with Crippen LogP contribution in [0.2, 0.25) is 0 Å². The Labute approximate surface area is 247 Å². The molecular formula is C27H35N5O11. The molecule has 1 fully saturated rings. The summed E-state index contributed by atoms with van der Waals surface area (Å²) in [4.78, 5) is 68.0. The van der Waals surface area contributed by atoms with E-state index in [9.17, 15) is 29.1 Å². The maximum atomic E-state index is 13.4. The molecule has 0 radical (unpaired) electrons. The highest BCUT2D eigenvalue weighted by molar-refractivity contribution is 5.96. The summed E-state index contributed by atoms with van der Waals surface area (Å²) in [6.45, 7) is 3.86. The molecule has 2 heterocycles. The zero-order valence-corrected chi connectivity index (χ0v) is 24.1. The number of hydroxylamine groups is 2. The first-order chi connectivity index (χ1) is 20.6. The van der Waals surface area contributed by atoms with Gasteiger partial charge in [0.1, 0.15) is 11.8 Å². The lowest BCUT2D eigenvalue weighted by molar-refractivity contribution is -0.157. The van der Waals surface area contributed by atoms with Crippen LogP contribution in [0.1, 0.15) is 37.2 Å². The first-order valence-electron chi connectivity index (χ1n) is 13.6. The normalized spacial score (nSPS) is 13.9. The average molecular weight is 606 g/mol. The van der Waals surface area contributed by atoms with Gasteiger partial charge in [0.05, 0.1) is 39.1 Å². The van der Waals surface area contributed by atoms with Crippen molar-refractivity contribution in [1.29, 1.82) is 0 Å².